The lowest BCUT2D eigenvalue weighted by Crippen LogP contribution is -2.13. The van der Waals surface area contributed by atoms with Gasteiger partial charge in [0.1, 0.15) is 18.8 Å². The molecule has 0 amide bonds. The molecule has 3 aromatic rings. The predicted molar refractivity (Wildman–Crippen MR) is 90.9 cm³/mol. The van der Waals surface area contributed by atoms with Gasteiger partial charge in [0.15, 0.2) is 11.5 Å². The number of methoxy groups -OCH3 is 2. The number of rotatable bonds is 7. The van der Waals surface area contributed by atoms with Gasteiger partial charge < -0.3 is 19.5 Å². The number of hydrogen-bond acceptors (Lipinski definition) is 7. The largest absolute Gasteiger partial charge is 0.493 e. The molecule has 0 saturated heterocycles. The number of aromatic nitrogens is 3. The number of fused-ring (bicyclic) bond motifs is 1. The summed E-state index contributed by atoms with van der Waals surface area (Å²) in [6.07, 6.45) is 4.97. The van der Waals surface area contributed by atoms with E-state index in [0.29, 0.717) is 30.4 Å². The zero-order valence-corrected chi connectivity index (χ0v) is 13.5. The molecule has 0 bridgehead atoms. The van der Waals surface area contributed by atoms with E-state index in [1.54, 1.807) is 26.6 Å². The topological polar surface area (TPSA) is 78.4 Å². The predicted octanol–water partition coefficient (Wildman–Crippen LogP) is 2.53. The van der Waals surface area contributed by atoms with Crippen molar-refractivity contribution in [2.24, 2.45) is 0 Å². The summed E-state index contributed by atoms with van der Waals surface area (Å²) in [5.41, 5.74) is 0.842. The Bertz CT molecular complexity index is 798. The minimum absolute atomic E-state index is 0.419. The fourth-order valence-corrected chi connectivity index (χ4v) is 2.32. The van der Waals surface area contributed by atoms with Crippen LogP contribution < -0.4 is 19.5 Å². The van der Waals surface area contributed by atoms with Crippen LogP contribution in [0.3, 0.4) is 0 Å². The summed E-state index contributed by atoms with van der Waals surface area (Å²) < 4.78 is 16.4. The standard InChI is InChI=1S/C17H18N4O3/c1-22-14-4-3-5-15(23-2)16(14)24-9-8-19-17-12-10-18-7-6-13(12)20-11-21-17/h3-7,10-11H,8-9H2,1-2H3,(H,19,20,21). The fourth-order valence-electron chi connectivity index (χ4n) is 2.32. The minimum atomic E-state index is 0.419. The van der Waals surface area contributed by atoms with Crippen LogP contribution in [-0.4, -0.2) is 42.3 Å². The van der Waals surface area contributed by atoms with Gasteiger partial charge in [0, 0.05) is 12.4 Å². The normalized spacial score (nSPS) is 10.4. The van der Waals surface area contributed by atoms with Gasteiger partial charge in [-0.1, -0.05) is 6.07 Å². The Balaban J connectivity index is 1.65. The molecule has 3 rings (SSSR count). The van der Waals surface area contributed by atoms with E-state index in [9.17, 15) is 0 Å². The second-order valence-corrected chi connectivity index (χ2v) is 4.88. The zero-order valence-electron chi connectivity index (χ0n) is 13.5. The highest BCUT2D eigenvalue weighted by atomic mass is 16.5. The van der Waals surface area contributed by atoms with E-state index in [0.717, 1.165) is 16.7 Å². The lowest BCUT2D eigenvalue weighted by molar-refractivity contribution is 0.284. The summed E-state index contributed by atoms with van der Waals surface area (Å²) >= 11 is 0. The molecule has 1 N–H and O–H groups in total. The van der Waals surface area contributed by atoms with Crippen molar-refractivity contribution in [1.82, 2.24) is 15.0 Å². The molecule has 124 valence electrons. The molecule has 0 atom stereocenters. The molecule has 2 heterocycles. The molecule has 0 saturated carbocycles. The van der Waals surface area contributed by atoms with Gasteiger partial charge in [0.2, 0.25) is 5.75 Å². The molecular formula is C17H18N4O3. The van der Waals surface area contributed by atoms with E-state index < -0.39 is 0 Å². The number of nitrogens with one attached hydrogen (secondary N) is 1. The van der Waals surface area contributed by atoms with Crippen molar-refractivity contribution in [2.75, 3.05) is 32.7 Å². The first-order valence-corrected chi connectivity index (χ1v) is 7.46. The Hall–Kier alpha value is -3.09. The number of benzene rings is 1. The van der Waals surface area contributed by atoms with Gasteiger partial charge in [0.05, 0.1) is 31.7 Å². The van der Waals surface area contributed by atoms with Crippen molar-refractivity contribution >= 4 is 16.7 Å². The van der Waals surface area contributed by atoms with Crippen LogP contribution in [0.1, 0.15) is 0 Å². The van der Waals surface area contributed by atoms with Gasteiger partial charge in [-0.3, -0.25) is 4.98 Å². The zero-order chi connectivity index (χ0) is 16.8. The summed E-state index contributed by atoms with van der Waals surface area (Å²) in [4.78, 5) is 12.6. The van der Waals surface area contributed by atoms with E-state index in [4.69, 9.17) is 14.2 Å². The van der Waals surface area contributed by atoms with Gasteiger partial charge >= 0.3 is 0 Å². The molecular weight excluding hydrogens is 308 g/mol. The van der Waals surface area contributed by atoms with E-state index in [1.807, 2.05) is 24.3 Å². The van der Waals surface area contributed by atoms with Crippen molar-refractivity contribution in [2.45, 2.75) is 0 Å². The summed E-state index contributed by atoms with van der Waals surface area (Å²) in [5, 5.41) is 4.11. The third-order valence-corrected chi connectivity index (χ3v) is 3.46. The molecule has 0 aliphatic heterocycles. The second-order valence-electron chi connectivity index (χ2n) is 4.88. The minimum Gasteiger partial charge on any atom is -0.493 e. The molecule has 0 unspecified atom stereocenters. The number of nitrogens with zero attached hydrogens (tertiary/aromatic N) is 3. The fraction of sp³-hybridized carbons (Fsp3) is 0.235. The second kappa shape index (κ2) is 7.45. The molecule has 7 heteroatoms. The van der Waals surface area contributed by atoms with Crippen LogP contribution in [-0.2, 0) is 0 Å². The molecule has 7 nitrogen and oxygen atoms in total. The van der Waals surface area contributed by atoms with Crippen molar-refractivity contribution in [3.05, 3.63) is 43.0 Å². The van der Waals surface area contributed by atoms with Crippen molar-refractivity contribution < 1.29 is 14.2 Å². The van der Waals surface area contributed by atoms with Gasteiger partial charge in [0.25, 0.3) is 0 Å². The number of para-hydroxylation sites is 1. The Morgan fingerprint density at radius 1 is 1.04 bits per heavy atom. The number of pyridine rings is 1. The van der Waals surface area contributed by atoms with Crippen LogP contribution in [0.2, 0.25) is 0 Å². The molecule has 1 aromatic carbocycles. The first-order chi connectivity index (χ1) is 11.8. The van der Waals surface area contributed by atoms with Gasteiger partial charge in [-0.15, -0.1) is 0 Å². The summed E-state index contributed by atoms with van der Waals surface area (Å²) in [7, 11) is 3.19. The third kappa shape index (κ3) is 3.29. The van der Waals surface area contributed by atoms with E-state index in [2.05, 4.69) is 20.3 Å². The monoisotopic (exact) mass is 326 g/mol. The Morgan fingerprint density at radius 2 is 1.83 bits per heavy atom. The maximum Gasteiger partial charge on any atom is 0.203 e. The van der Waals surface area contributed by atoms with Crippen LogP contribution >= 0.6 is 0 Å². The highest BCUT2D eigenvalue weighted by molar-refractivity contribution is 5.87. The lowest BCUT2D eigenvalue weighted by atomic mass is 10.3. The average molecular weight is 326 g/mol. The third-order valence-electron chi connectivity index (χ3n) is 3.46. The maximum absolute atomic E-state index is 5.81. The average Bonchev–Trinajstić information content (AvgIpc) is 2.65. The van der Waals surface area contributed by atoms with E-state index >= 15 is 0 Å². The Labute approximate surface area is 139 Å². The van der Waals surface area contributed by atoms with E-state index in [-0.39, 0.29) is 0 Å². The van der Waals surface area contributed by atoms with Crippen LogP contribution in [0.25, 0.3) is 10.9 Å². The molecule has 0 spiro atoms. The number of hydrogen-bond donors (Lipinski definition) is 1. The molecule has 2 aromatic heterocycles. The summed E-state index contributed by atoms with van der Waals surface area (Å²) in [5.74, 6) is 2.57. The van der Waals surface area contributed by atoms with Crippen molar-refractivity contribution in [1.29, 1.82) is 0 Å². The highest BCUT2D eigenvalue weighted by Gasteiger charge is 2.11. The van der Waals surface area contributed by atoms with Crippen LogP contribution in [0.5, 0.6) is 17.2 Å². The van der Waals surface area contributed by atoms with Crippen LogP contribution in [0.15, 0.2) is 43.0 Å². The van der Waals surface area contributed by atoms with Crippen LogP contribution in [0, 0.1) is 0 Å². The first-order valence-electron chi connectivity index (χ1n) is 7.46. The smallest absolute Gasteiger partial charge is 0.203 e. The van der Waals surface area contributed by atoms with Crippen molar-refractivity contribution in [3.63, 3.8) is 0 Å². The molecule has 24 heavy (non-hydrogen) atoms. The van der Waals surface area contributed by atoms with Gasteiger partial charge in [-0.2, -0.15) is 0 Å². The highest BCUT2D eigenvalue weighted by Crippen LogP contribution is 2.36. The van der Waals surface area contributed by atoms with Crippen LogP contribution in [0.4, 0.5) is 5.82 Å². The lowest BCUT2D eigenvalue weighted by Gasteiger charge is -2.14. The molecule has 0 aliphatic rings. The molecule has 0 fully saturated rings. The van der Waals surface area contributed by atoms with Crippen molar-refractivity contribution in [3.8, 4) is 17.2 Å². The SMILES string of the molecule is COc1cccc(OC)c1OCCNc1ncnc2ccncc12. The van der Waals surface area contributed by atoms with Gasteiger partial charge in [-0.25, -0.2) is 9.97 Å². The first kappa shape index (κ1) is 15.8. The van der Waals surface area contributed by atoms with Gasteiger partial charge in [-0.05, 0) is 18.2 Å². The summed E-state index contributed by atoms with van der Waals surface area (Å²) in [6.45, 7) is 0.977. The quantitative estimate of drug-likeness (QED) is 0.668. The maximum atomic E-state index is 5.81. The number of anilines is 1. The Kier molecular flexibility index (Phi) is 4.90. The Morgan fingerprint density at radius 3 is 2.58 bits per heavy atom. The molecule has 0 radical (unpaired) electrons. The summed E-state index contributed by atoms with van der Waals surface area (Å²) in [6, 6.07) is 7.35. The number of ether oxygens (including phenoxy) is 3. The molecule has 0 aliphatic carbocycles. The van der Waals surface area contributed by atoms with E-state index in [1.165, 1.54) is 6.33 Å².